The molecule has 0 saturated carbocycles. The first-order valence-electron chi connectivity index (χ1n) is 8.29. The fraction of sp³-hybridized carbons (Fsp3) is 0.421. The van der Waals surface area contributed by atoms with Crippen molar-refractivity contribution in [3.8, 4) is 0 Å². The summed E-state index contributed by atoms with van der Waals surface area (Å²) in [6, 6.07) is 9.93. The second-order valence-electron chi connectivity index (χ2n) is 6.04. The smallest absolute Gasteiger partial charge is 0.237 e. The van der Waals surface area contributed by atoms with Gasteiger partial charge in [0.2, 0.25) is 5.91 Å². The number of anilines is 1. The summed E-state index contributed by atoms with van der Waals surface area (Å²) in [5, 5.41) is 3.67. The Kier molecular flexibility index (Phi) is 6.37. The minimum absolute atomic E-state index is 0.00956. The molecule has 2 atom stereocenters. The zero-order valence-corrected chi connectivity index (χ0v) is 15.8. The van der Waals surface area contributed by atoms with E-state index in [-0.39, 0.29) is 11.2 Å². The van der Waals surface area contributed by atoms with Crippen LogP contribution in [0.25, 0.3) is 0 Å². The van der Waals surface area contributed by atoms with E-state index in [4.69, 9.17) is 0 Å². The monoisotopic (exact) mass is 343 g/mol. The van der Waals surface area contributed by atoms with Gasteiger partial charge in [-0.15, -0.1) is 0 Å². The lowest BCUT2D eigenvalue weighted by Gasteiger charge is -2.17. The lowest BCUT2D eigenvalue weighted by Crippen LogP contribution is -2.23. The van der Waals surface area contributed by atoms with Crippen LogP contribution in [0.3, 0.4) is 0 Å². The van der Waals surface area contributed by atoms with Crippen LogP contribution in [0.4, 0.5) is 5.69 Å². The van der Waals surface area contributed by atoms with Crippen molar-refractivity contribution in [2.45, 2.75) is 57.2 Å². The topological polar surface area (TPSA) is 54.9 Å². The maximum atomic E-state index is 12.6. The predicted molar refractivity (Wildman–Crippen MR) is 101 cm³/mol. The van der Waals surface area contributed by atoms with Gasteiger partial charge in [-0.1, -0.05) is 43.8 Å². The zero-order chi connectivity index (χ0) is 17.7. The van der Waals surface area contributed by atoms with Gasteiger partial charge in [0.15, 0.2) is 0 Å². The van der Waals surface area contributed by atoms with E-state index in [2.05, 4.69) is 35.2 Å². The molecule has 0 aliphatic carbocycles. The first-order chi connectivity index (χ1) is 11.4. The van der Waals surface area contributed by atoms with Crippen LogP contribution in [-0.2, 0) is 4.79 Å². The maximum Gasteiger partial charge on any atom is 0.237 e. The molecule has 1 amide bonds. The lowest BCUT2D eigenvalue weighted by atomic mass is 9.97. The molecule has 0 aliphatic rings. The van der Waals surface area contributed by atoms with Gasteiger partial charge in [-0.2, -0.15) is 0 Å². The van der Waals surface area contributed by atoms with Crippen molar-refractivity contribution in [2.24, 2.45) is 0 Å². The number of hydrogen-bond donors (Lipinski definition) is 1. The minimum atomic E-state index is -0.233. The Hall–Kier alpha value is -1.88. The summed E-state index contributed by atoms with van der Waals surface area (Å²) in [5.74, 6) is 1.13. The van der Waals surface area contributed by atoms with Crippen LogP contribution in [0.1, 0.15) is 50.2 Å². The van der Waals surface area contributed by atoms with Crippen molar-refractivity contribution in [1.29, 1.82) is 0 Å². The summed E-state index contributed by atoms with van der Waals surface area (Å²) in [6.07, 6.45) is 1.04. The number of thioether (sulfide) groups is 1. The number of carbonyl (C=O) groups is 1. The molecule has 0 bridgehead atoms. The Balaban J connectivity index is 2.09. The second-order valence-corrected chi connectivity index (χ2v) is 7.40. The van der Waals surface area contributed by atoms with Crippen LogP contribution in [0.15, 0.2) is 35.4 Å². The number of carbonyl (C=O) groups excluding carboxylic acids is 1. The van der Waals surface area contributed by atoms with Crippen molar-refractivity contribution in [3.05, 3.63) is 47.4 Å². The first kappa shape index (κ1) is 18.5. The fourth-order valence-corrected chi connectivity index (χ4v) is 3.42. The van der Waals surface area contributed by atoms with E-state index in [1.165, 1.54) is 17.3 Å². The number of nitrogens with one attached hydrogen (secondary N) is 1. The number of para-hydroxylation sites is 1. The van der Waals surface area contributed by atoms with Crippen molar-refractivity contribution in [2.75, 3.05) is 5.32 Å². The highest BCUT2D eigenvalue weighted by Crippen LogP contribution is 2.28. The zero-order valence-electron chi connectivity index (χ0n) is 15.0. The van der Waals surface area contributed by atoms with Crippen molar-refractivity contribution >= 4 is 23.4 Å². The van der Waals surface area contributed by atoms with Gasteiger partial charge in [0.1, 0.15) is 10.9 Å². The fourth-order valence-electron chi connectivity index (χ4n) is 2.47. The molecule has 1 heterocycles. The van der Waals surface area contributed by atoms with Gasteiger partial charge in [0.25, 0.3) is 0 Å². The van der Waals surface area contributed by atoms with E-state index in [0.29, 0.717) is 5.92 Å². The van der Waals surface area contributed by atoms with Crippen molar-refractivity contribution < 1.29 is 4.79 Å². The molecule has 2 aromatic rings. The molecular weight excluding hydrogens is 318 g/mol. The van der Waals surface area contributed by atoms with E-state index in [0.717, 1.165) is 28.7 Å². The summed E-state index contributed by atoms with van der Waals surface area (Å²) in [4.78, 5) is 21.2. The van der Waals surface area contributed by atoms with Crippen LogP contribution in [0.5, 0.6) is 0 Å². The van der Waals surface area contributed by atoms with Gasteiger partial charge in [0.05, 0.1) is 5.25 Å². The van der Waals surface area contributed by atoms with Gasteiger partial charge in [-0.05, 0) is 50.8 Å². The molecule has 4 nitrogen and oxygen atoms in total. The molecule has 0 unspecified atom stereocenters. The van der Waals surface area contributed by atoms with E-state index in [1.807, 2.05) is 45.0 Å². The molecule has 2 rings (SSSR count). The average molecular weight is 343 g/mol. The summed E-state index contributed by atoms with van der Waals surface area (Å²) in [7, 11) is 0. The predicted octanol–water partition coefficient (Wildman–Crippen LogP) is 4.73. The molecule has 1 aromatic carbocycles. The third-order valence-corrected chi connectivity index (χ3v) is 4.99. The molecule has 24 heavy (non-hydrogen) atoms. The van der Waals surface area contributed by atoms with Gasteiger partial charge < -0.3 is 5.32 Å². The summed E-state index contributed by atoms with van der Waals surface area (Å²) < 4.78 is 0. The molecule has 0 radical (unpaired) electrons. The van der Waals surface area contributed by atoms with E-state index >= 15 is 0 Å². The van der Waals surface area contributed by atoms with E-state index in [9.17, 15) is 4.79 Å². The van der Waals surface area contributed by atoms with Crippen molar-refractivity contribution in [3.63, 3.8) is 0 Å². The minimum Gasteiger partial charge on any atom is -0.325 e. The molecule has 1 aromatic heterocycles. The standard InChI is InChI=1S/C19H25N3OS/c1-6-12(2)16-9-7-8-10-17(16)22-19(23)14(4)24-18-11-13(3)20-15(5)21-18/h7-12,14H,6H2,1-5H3,(H,22,23)/t12-,14+/m0/s1. The SMILES string of the molecule is CC[C@H](C)c1ccccc1NC(=O)[C@@H](C)Sc1cc(C)nc(C)n1. The number of nitrogens with zero attached hydrogens (tertiary/aromatic N) is 2. The van der Waals surface area contributed by atoms with Gasteiger partial charge >= 0.3 is 0 Å². The van der Waals surface area contributed by atoms with Crippen LogP contribution in [-0.4, -0.2) is 21.1 Å². The third kappa shape index (κ3) is 4.81. The molecule has 5 heteroatoms. The first-order valence-corrected chi connectivity index (χ1v) is 9.17. The Morgan fingerprint density at radius 3 is 2.58 bits per heavy atom. The van der Waals surface area contributed by atoms with E-state index < -0.39 is 0 Å². The summed E-state index contributed by atoms with van der Waals surface area (Å²) in [5.41, 5.74) is 3.00. The lowest BCUT2D eigenvalue weighted by molar-refractivity contribution is -0.115. The average Bonchev–Trinajstić information content (AvgIpc) is 2.53. The number of rotatable bonds is 6. The maximum absolute atomic E-state index is 12.6. The van der Waals surface area contributed by atoms with Gasteiger partial charge in [-0.3, -0.25) is 4.79 Å². The molecule has 0 saturated heterocycles. The number of aromatic nitrogens is 2. The molecule has 0 aliphatic heterocycles. The normalized spacial score (nSPS) is 13.4. The summed E-state index contributed by atoms with van der Waals surface area (Å²) >= 11 is 1.46. The highest BCUT2D eigenvalue weighted by Gasteiger charge is 2.18. The molecule has 0 spiro atoms. The van der Waals surface area contributed by atoms with E-state index in [1.54, 1.807) is 0 Å². The van der Waals surface area contributed by atoms with Crippen LogP contribution < -0.4 is 5.32 Å². The van der Waals surface area contributed by atoms with Crippen molar-refractivity contribution in [1.82, 2.24) is 9.97 Å². The second kappa shape index (κ2) is 8.29. The molecule has 128 valence electrons. The Labute approximate surface area is 148 Å². The van der Waals surface area contributed by atoms with Crippen LogP contribution in [0, 0.1) is 13.8 Å². The highest BCUT2D eigenvalue weighted by atomic mass is 32.2. The largest absolute Gasteiger partial charge is 0.325 e. The Morgan fingerprint density at radius 2 is 1.92 bits per heavy atom. The van der Waals surface area contributed by atoms with Gasteiger partial charge in [-0.25, -0.2) is 9.97 Å². The number of hydrogen-bond acceptors (Lipinski definition) is 4. The third-order valence-electron chi connectivity index (χ3n) is 3.97. The number of amides is 1. The number of benzene rings is 1. The highest BCUT2D eigenvalue weighted by molar-refractivity contribution is 8.00. The quantitative estimate of drug-likeness (QED) is 0.609. The Bertz CT molecular complexity index is 697. The molecule has 0 fully saturated rings. The molecular formula is C19H25N3OS. The van der Waals surface area contributed by atoms with Crippen LogP contribution >= 0.6 is 11.8 Å². The van der Waals surface area contributed by atoms with Gasteiger partial charge in [0, 0.05) is 11.4 Å². The molecule has 1 N–H and O–H groups in total. The Morgan fingerprint density at radius 1 is 1.21 bits per heavy atom. The van der Waals surface area contributed by atoms with Crippen LogP contribution in [0.2, 0.25) is 0 Å². The number of aryl methyl sites for hydroxylation is 2. The summed E-state index contributed by atoms with van der Waals surface area (Å²) in [6.45, 7) is 10.0.